The fourth-order valence-corrected chi connectivity index (χ4v) is 3.96. The first kappa shape index (κ1) is 20.5. The number of hydrogen-bond acceptors (Lipinski definition) is 4. The van der Waals surface area contributed by atoms with E-state index in [9.17, 15) is 18.0 Å². The highest BCUT2D eigenvalue weighted by molar-refractivity contribution is 6.69. The number of anilines is 1. The van der Waals surface area contributed by atoms with Crippen LogP contribution in [0.4, 0.5) is 23.7 Å². The Hall–Kier alpha value is -1.76. The lowest BCUT2D eigenvalue weighted by atomic mass is 10.1. The van der Waals surface area contributed by atoms with Gasteiger partial charge in [0.1, 0.15) is 18.7 Å². The summed E-state index contributed by atoms with van der Waals surface area (Å²) in [6.07, 6.45) is -7.77. The molecule has 2 atom stereocenters. The number of halogens is 4. The van der Waals surface area contributed by atoms with Gasteiger partial charge in [-0.2, -0.15) is 18.4 Å². The summed E-state index contributed by atoms with van der Waals surface area (Å²) in [7, 11) is -2.57. The zero-order chi connectivity index (χ0) is 19.9. The van der Waals surface area contributed by atoms with Gasteiger partial charge in [0.15, 0.2) is 14.4 Å². The molecule has 0 bridgehead atoms. The van der Waals surface area contributed by atoms with Crippen LogP contribution < -0.4 is 4.90 Å². The van der Waals surface area contributed by atoms with Crippen molar-refractivity contribution in [2.24, 2.45) is 0 Å². The smallest absolute Gasteiger partial charge is 0.415 e. The summed E-state index contributed by atoms with van der Waals surface area (Å²) in [5.41, 5.74) is 0.654. The number of cyclic esters (lactones) is 1. The number of ether oxygens (including phenoxy) is 1. The Morgan fingerprint density at radius 1 is 1.42 bits per heavy atom. The molecule has 26 heavy (non-hydrogen) atoms. The Morgan fingerprint density at radius 2 is 2.04 bits per heavy atom. The van der Waals surface area contributed by atoms with Crippen LogP contribution in [0.15, 0.2) is 12.1 Å². The molecule has 1 aliphatic heterocycles. The zero-order valence-corrected chi connectivity index (χ0v) is 16.4. The third-order valence-electron chi connectivity index (χ3n) is 3.80. The van der Waals surface area contributed by atoms with Crippen molar-refractivity contribution in [2.75, 3.05) is 11.5 Å². The topological polar surface area (TPSA) is 62.6 Å². The first-order valence-corrected chi connectivity index (χ1v) is 11.5. The fraction of sp³-hybridized carbons (Fsp3) is 0.500. The molecule has 5 nitrogen and oxygen atoms in total. The molecular formula is C16H18ClF3N2O3Si. The van der Waals surface area contributed by atoms with Gasteiger partial charge in [0.2, 0.25) is 0 Å². The normalized spacial score (nSPS) is 19.3. The van der Waals surface area contributed by atoms with Crippen LogP contribution in [0.3, 0.4) is 0 Å². The molecule has 1 aliphatic rings. The summed E-state index contributed by atoms with van der Waals surface area (Å²) < 4.78 is 51.2. The Kier molecular flexibility index (Phi) is 5.61. The number of nitriles is 1. The molecule has 1 amide bonds. The average Bonchev–Trinajstić information content (AvgIpc) is 2.87. The van der Waals surface area contributed by atoms with E-state index in [4.69, 9.17) is 26.0 Å². The summed E-state index contributed by atoms with van der Waals surface area (Å²) in [6, 6.07) is 3.26. The zero-order valence-electron chi connectivity index (χ0n) is 14.6. The van der Waals surface area contributed by atoms with Crippen LogP contribution in [0.1, 0.15) is 11.1 Å². The maximum atomic E-state index is 13.7. The lowest BCUT2D eigenvalue weighted by molar-refractivity contribution is -0.203. The molecule has 1 unspecified atom stereocenters. The number of carbonyl (C=O) groups excluding carboxylic acids is 1. The number of nitrogens with zero attached hydrogens (tertiary/aromatic N) is 2. The molecule has 142 valence electrons. The van der Waals surface area contributed by atoms with Crippen molar-refractivity contribution < 1.29 is 27.1 Å². The summed E-state index contributed by atoms with van der Waals surface area (Å²) >= 11 is 6.10. The van der Waals surface area contributed by atoms with E-state index in [0.29, 0.717) is 5.56 Å². The van der Waals surface area contributed by atoms with Crippen LogP contribution in [0, 0.1) is 18.3 Å². The van der Waals surface area contributed by atoms with Crippen molar-refractivity contribution in [3.8, 4) is 6.07 Å². The molecule has 0 saturated carbocycles. The number of benzene rings is 1. The van der Waals surface area contributed by atoms with Gasteiger partial charge >= 0.3 is 12.3 Å². The molecule has 0 aromatic heterocycles. The minimum absolute atomic E-state index is 0.0816. The van der Waals surface area contributed by atoms with Gasteiger partial charge < -0.3 is 9.16 Å². The molecule has 0 aliphatic carbocycles. The third-order valence-corrected chi connectivity index (χ3v) is 5.24. The van der Waals surface area contributed by atoms with Crippen molar-refractivity contribution in [1.29, 1.82) is 5.26 Å². The molecular weight excluding hydrogens is 389 g/mol. The van der Waals surface area contributed by atoms with Gasteiger partial charge in [-0.1, -0.05) is 11.6 Å². The van der Waals surface area contributed by atoms with Gasteiger partial charge in [-0.05, 0) is 44.3 Å². The second-order valence-corrected chi connectivity index (χ2v) is 11.7. The Morgan fingerprint density at radius 3 is 2.54 bits per heavy atom. The number of rotatable bonds is 4. The van der Waals surface area contributed by atoms with Crippen LogP contribution in [0.25, 0.3) is 0 Å². The van der Waals surface area contributed by atoms with Crippen LogP contribution in [0.2, 0.25) is 24.7 Å². The van der Waals surface area contributed by atoms with E-state index in [-0.39, 0.29) is 16.3 Å². The van der Waals surface area contributed by atoms with Gasteiger partial charge in [0, 0.05) is 0 Å². The van der Waals surface area contributed by atoms with Crippen LogP contribution in [-0.4, -0.2) is 39.3 Å². The standard InChI is InChI=1S/C16H18ClF3N2O3Si/c1-9-11(6-5-10(7-21)13(9)17)22-12(8-24-15(22)23)14(16(18,19)20)25-26(2,3)4/h5-6,12,14H,8H2,1-4H3/t12-,14?/m1/s1. The third kappa shape index (κ3) is 4.14. The maximum Gasteiger partial charge on any atom is 0.415 e. The molecule has 1 saturated heterocycles. The summed E-state index contributed by atoms with van der Waals surface area (Å²) in [6.45, 7) is 5.99. The average molecular weight is 407 g/mol. The number of carbonyl (C=O) groups is 1. The fourth-order valence-electron chi connectivity index (χ4n) is 2.70. The first-order valence-electron chi connectivity index (χ1n) is 7.76. The predicted octanol–water partition coefficient (Wildman–Crippen LogP) is 4.63. The molecule has 0 spiro atoms. The Labute approximate surface area is 155 Å². The second kappa shape index (κ2) is 7.10. The second-order valence-electron chi connectivity index (χ2n) is 6.89. The molecule has 1 aromatic carbocycles. The van der Waals surface area contributed by atoms with E-state index in [1.165, 1.54) is 19.1 Å². The highest BCUT2D eigenvalue weighted by Gasteiger charge is 2.54. The molecule has 1 heterocycles. The number of alkyl halides is 3. The first-order chi connectivity index (χ1) is 11.9. The van der Waals surface area contributed by atoms with Crippen molar-refractivity contribution in [3.05, 3.63) is 28.3 Å². The summed E-state index contributed by atoms with van der Waals surface area (Å²) in [4.78, 5) is 13.1. The van der Waals surface area contributed by atoms with Crippen LogP contribution in [-0.2, 0) is 9.16 Å². The number of amides is 1. The Bertz CT molecular complexity index is 759. The van der Waals surface area contributed by atoms with E-state index < -0.39 is 39.3 Å². The molecule has 0 N–H and O–H groups in total. The monoisotopic (exact) mass is 406 g/mol. The summed E-state index contributed by atoms with van der Waals surface area (Å²) in [5.74, 6) is 0. The van der Waals surface area contributed by atoms with E-state index >= 15 is 0 Å². The van der Waals surface area contributed by atoms with E-state index in [2.05, 4.69) is 0 Å². The van der Waals surface area contributed by atoms with Gasteiger partial charge in [-0.3, -0.25) is 4.90 Å². The van der Waals surface area contributed by atoms with E-state index in [1.807, 2.05) is 6.07 Å². The predicted molar refractivity (Wildman–Crippen MR) is 92.8 cm³/mol. The highest BCUT2D eigenvalue weighted by Crippen LogP contribution is 2.38. The SMILES string of the molecule is Cc1c(N2C(=O)OC[C@@H]2C(O[Si](C)(C)C)C(F)(F)F)ccc(C#N)c1Cl. The summed E-state index contributed by atoms with van der Waals surface area (Å²) in [5, 5.41) is 9.10. The van der Waals surface area contributed by atoms with Gasteiger partial charge in [0.05, 0.1) is 16.3 Å². The van der Waals surface area contributed by atoms with Crippen LogP contribution >= 0.6 is 11.6 Å². The van der Waals surface area contributed by atoms with Crippen LogP contribution in [0.5, 0.6) is 0 Å². The van der Waals surface area contributed by atoms with Crippen molar-refractivity contribution in [1.82, 2.24) is 0 Å². The minimum atomic E-state index is -4.68. The molecule has 1 aromatic rings. The largest absolute Gasteiger partial charge is 0.447 e. The molecule has 0 radical (unpaired) electrons. The van der Waals surface area contributed by atoms with E-state index in [1.54, 1.807) is 19.6 Å². The van der Waals surface area contributed by atoms with E-state index in [0.717, 1.165) is 4.90 Å². The maximum absolute atomic E-state index is 13.7. The van der Waals surface area contributed by atoms with Gasteiger partial charge in [-0.25, -0.2) is 4.79 Å². The van der Waals surface area contributed by atoms with Crippen molar-refractivity contribution in [3.63, 3.8) is 0 Å². The van der Waals surface area contributed by atoms with Crippen molar-refractivity contribution in [2.45, 2.75) is 44.9 Å². The quantitative estimate of drug-likeness (QED) is 0.684. The lowest BCUT2D eigenvalue weighted by Crippen LogP contribution is -2.54. The minimum Gasteiger partial charge on any atom is -0.447 e. The van der Waals surface area contributed by atoms with Gasteiger partial charge in [0.25, 0.3) is 0 Å². The molecule has 2 rings (SSSR count). The van der Waals surface area contributed by atoms with Gasteiger partial charge in [-0.15, -0.1) is 0 Å². The Balaban J connectivity index is 2.51. The molecule has 10 heteroatoms. The van der Waals surface area contributed by atoms with Crippen molar-refractivity contribution >= 4 is 31.7 Å². The highest BCUT2D eigenvalue weighted by atomic mass is 35.5. The lowest BCUT2D eigenvalue weighted by Gasteiger charge is -2.35. The number of hydrogen-bond donors (Lipinski definition) is 0. The molecule has 1 fully saturated rings.